The van der Waals surface area contributed by atoms with E-state index in [0.29, 0.717) is 29.8 Å². The third kappa shape index (κ3) is 3.93. The lowest BCUT2D eigenvalue weighted by Crippen LogP contribution is -2.44. The third-order valence-corrected chi connectivity index (χ3v) is 6.40. The van der Waals surface area contributed by atoms with E-state index in [1.54, 1.807) is 6.92 Å². The number of aromatic nitrogens is 5. The molecule has 1 fully saturated rings. The van der Waals surface area contributed by atoms with Crippen LogP contribution >= 0.6 is 0 Å². The first kappa shape index (κ1) is 22.1. The molecule has 1 saturated heterocycles. The van der Waals surface area contributed by atoms with Crippen molar-refractivity contribution in [2.45, 2.75) is 52.7 Å². The average Bonchev–Trinajstić information content (AvgIpc) is 3.21. The zero-order valence-electron chi connectivity index (χ0n) is 19.9. The maximum Gasteiger partial charge on any atom is 0.293 e. The average molecular weight is 456 g/mol. The number of anilines is 1. The van der Waals surface area contributed by atoms with Gasteiger partial charge in [-0.2, -0.15) is 5.10 Å². The zero-order valence-corrected chi connectivity index (χ0v) is 19.9. The van der Waals surface area contributed by atoms with Crippen LogP contribution in [0.25, 0.3) is 21.8 Å². The van der Waals surface area contributed by atoms with Gasteiger partial charge in [0.05, 0.1) is 24.5 Å². The molecule has 0 aliphatic carbocycles. The Hall–Kier alpha value is -3.70. The smallest absolute Gasteiger partial charge is 0.293 e. The summed E-state index contributed by atoms with van der Waals surface area (Å²) in [4.78, 5) is 25.6. The number of hydrogen-bond acceptors (Lipinski definition) is 6. The standard InChI is InChI=1S/C26H29N7O/c1-4-5-13-32-24-23(29-26(32)31-12-8-10-20(27)15-31)18(3)30-33(25(24)34)16-22-21-11-7-6-9-19(21)14-17(2)28-22/h6-7,9,11,14,20H,8,10,12-13,15-16,27H2,1-3H3. The van der Waals surface area contributed by atoms with Crippen molar-refractivity contribution in [3.63, 3.8) is 0 Å². The number of aryl methyl sites for hydroxylation is 2. The van der Waals surface area contributed by atoms with Gasteiger partial charge in [-0.05, 0) is 45.1 Å². The molecular formula is C26H29N7O. The molecule has 1 aromatic carbocycles. The van der Waals surface area contributed by atoms with Gasteiger partial charge in [-0.15, -0.1) is 5.92 Å². The van der Waals surface area contributed by atoms with E-state index in [1.807, 2.05) is 36.6 Å². The monoisotopic (exact) mass is 455 g/mol. The summed E-state index contributed by atoms with van der Waals surface area (Å²) in [7, 11) is 0. The van der Waals surface area contributed by atoms with Gasteiger partial charge in [0.2, 0.25) is 5.95 Å². The van der Waals surface area contributed by atoms with Crippen molar-refractivity contribution in [1.82, 2.24) is 24.3 Å². The van der Waals surface area contributed by atoms with E-state index in [-0.39, 0.29) is 18.1 Å². The van der Waals surface area contributed by atoms with Crippen molar-refractivity contribution in [2.24, 2.45) is 5.73 Å². The Morgan fingerprint density at radius 2 is 2.03 bits per heavy atom. The Morgan fingerprint density at radius 1 is 1.21 bits per heavy atom. The van der Waals surface area contributed by atoms with Crippen molar-refractivity contribution in [3.05, 3.63) is 57.8 Å². The Kier molecular flexibility index (Phi) is 5.80. The second-order valence-electron chi connectivity index (χ2n) is 8.95. The van der Waals surface area contributed by atoms with Crippen LogP contribution in [0.3, 0.4) is 0 Å². The van der Waals surface area contributed by atoms with Crippen molar-refractivity contribution in [1.29, 1.82) is 0 Å². The van der Waals surface area contributed by atoms with Gasteiger partial charge < -0.3 is 10.6 Å². The normalized spacial score (nSPS) is 16.1. The summed E-state index contributed by atoms with van der Waals surface area (Å²) in [5, 5.41) is 6.76. The highest BCUT2D eigenvalue weighted by Crippen LogP contribution is 2.25. The van der Waals surface area contributed by atoms with Gasteiger partial charge in [0.1, 0.15) is 11.0 Å². The summed E-state index contributed by atoms with van der Waals surface area (Å²) in [6, 6.07) is 10.2. The van der Waals surface area contributed by atoms with E-state index in [1.165, 1.54) is 4.68 Å². The number of nitrogens with zero attached hydrogens (tertiary/aromatic N) is 6. The quantitative estimate of drug-likeness (QED) is 0.476. The Balaban J connectivity index is 1.67. The van der Waals surface area contributed by atoms with Crippen LogP contribution < -0.4 is 16.2 Å². The molecule has 0 amide bonds. The van der Waals surface area contributed by atoms with Crippen LogP contribution in [0.4, 0.5) is 5.95 Å². The fourth-order valence-corrected chi connectivity index (χ4v) is 4.83. The number of fused-ring (bicyclic) bond motifs is 2. The summed E-state index contributed by atoms with van der Waals surface area (Å²) >= 11 is 0. The van der Waals surface area contributed by atoms with Crippen molar-refractivity contribution in [3.8, 4) is 11.8 Å². The Labute approximate surface area is 198 Å². The Bertz CT molecular complexity index is 1510. The minimum absolute atomic E-state index is 0.0934. The van der Waals surface area contributed by atoms with Gasteiger partial charge in [-0.1, -0.05) is 30.2 Å². The van der Waals surface area contributed by atoms with Crippen LogP contribution in [0.2, 0.25) is 0 Å². The number of rotatable bonds is 4. The van der Waals surface area contributed by atoms with Crippen molar-refractivity contribution in [2.75, 3.05) is 18.0 Å². The largest absolute Gasteiger partial charge is 0.341 e. The molecule has 1 aliphatic rings. The molecule has 0 spiro atoms. The summed E-state index contributed by atoms with van der Waals surface area (Å²) < 4.78 is 3.44. The number of pyridine rings is 1. The molecule has 2 N–H and O–H groups in total. The lowest BCUT2D eigenvalue weighted by Gasteiger charge is -2.31. The first-order valence-corrected chi connectivity index (χ1v) is 11.7. The molecule has 8 heteroatoms. The summed E-state index contributed by atoms with van der Waals surface area (Å²) in [6.45, 7) is 7.91. The van der Waals surface area contributed by atoms with Gasteiger partial charge in [0.15, 0.2) is 0 Å². The second-order valence-corrected chi connectivity index (χ2v) is 8.95. The lowest BCUT2D eigenvalue weighted by atomic mass is 10.1. The molecule has 3 aromatic heterocycles. The first-order valence-electron chi connectivity index (χ1n) is 11.7. The summed E-state index contributed by atoms with van der Waals surface area (Å²) in [5.74, 6) is 6.81. The van der Waals surface area contributed by atoms with Gasteiger partial charge in [0, 0.05) is 30.2 Å². The van der Waals surface area contributed by atoms with E-state index in [9.17, 15) is 4.79 Å². The highest BCUT2D eigenvalue weighted by molar-refractivity contribution is 5.85. The molecule has 0 radical (unpaired) electrons. The van der Waals surface area contributed by atoms with E-state index >= 15 is 0 Å². The predicted octanol–water partition coefficient (Wildman–Crippen LogP) is 2.76. The van der Waals surface area contributed by atoms with Crippen LogP contribution in [0.15, 0.2) is 35.1 Å². The zero-order chi connectivity index (χ0) is 23.8. The van der Waals surface area contributed by atoms with Gasteiger partial charge in [0.25, 0.3) is 5.56 Å². The molecule has 34 heavy (non-hydrogen) atoms. The fraction of sp³-hybridized carbons (Fsp3) is 0.385. The van der Waals surface area contributed by atoms with Crippen LogP contribution in [-0.2, 0) is 13.1 Å². The van der Waals surface area contributed by atoms with E-state index in [2.05, 4.69) is 34.0 Å². The van der Waals surface area contributed by atoms with Gasteiger partial charge in [-0.3, -0.25) is 14.3 Å². The number of nitrogens with two attached hydrogens (primary N) is 1. The first-order chi connectivity index (χ1) is 16.5. The second kappa shape index (κ2) is 8.92. The minimum atomic E-state index is -0.189. The highest BCUT2D eigenvalue weighted by Gasteiger charge is 2.25. The SMILES string of the molecule is CC#CCn1c(N2CCCC(N)C2)nc2c(C)nn(Cc3nc(C)cc4ccccc34)c(=O)c21. The van der Waals surface area contributed by atoms with Gasteiger partial charge in [-0.25, -0.2) is 9.67 Å². The number of benzene rings is 1. The number of imidazole rings is 1. The summed E-state index contributed by atoms with van der Waals surface area (Å²) in [5.41, 5.74) is 9.64. The molecule has 174 valence electrons. The van der Waals surface area contributed by atoms with E-state index in [0.717, 1.165) is 47.5 Å². The van der Waals surface area contributed by atoms with Crippen molar-refractivity contribution < 1.29 is 0 Å². The topological polar surface area (TPSA) is 94.9 Å². The van der Waals surface area contributed by atoms with Crippen LogP contribution in [-0.4, -0.2) is 43.4 Å². The highest BCUT2D eigenvalue weighted by atomic mass is 16.1. The maximum atomic E-state index is 13.8. The Morgan fingerprint density at radius 3 is 2.82 bits per heavy atom. The molecule has 8 nitrogen and oxygen atoms in total. The van der Waals surface area contributed by atoms with Crippen molar-refractivity contribution >= 4 is 27.8 Å². The molecular weight excluding hydrogens is 426 g/mol. The lowest BCUT2D eigenvalue weighted by molar-refractivity contribution is 0.496. The molecule has 5 rings (SSSR count). The molecule has 4 aromatic rings. The fourth-order valence-electron chi connectivity index (χ4n) is 4.83. The van der Waals surface area contributed by atoms with E-state index < -0.39 is 0 Å². The molecule has 1 aliphatic heterocycles. The van der Waals surface area contributed by atoms with E-state index in [4.69, 9.17) is 15.7 Å². The molecule has 0 saturated carbocycles. The molecule has 4 heterocycles. The van der Waals surface area contributed by atoms with Crippen LogP contribution in [0.5, 0.6) is 0 Å². The van der Waals surface area contributed by atoms with Crippen LogP contribution in [0.1, 0.15) is 36.8 Å². The van der Waals surface area contributed by atoms with Gasteiger partial charge >= 0.3 is 0 Å². The maximum absolute atomic E-state index is 13.8. The molecule has 1 atom stereocenters. The molecule has 1 unspecified atom stereocenters. The predicted molar refractivity (Wildman–Crippen MR) is 135 cm³/mol. The third-order valence-electron chi connectivity index (χ3n) is 6.40. The number of hydrogen-bond donors (Lipinski definition) is 1. The summed E-state index contributed by atoms with van der Waals surface area (Å²) in [6.07, 6.45) is 1.99. The number of piperidine rings is 1. The minimum Gasteiger partial charge on any atom is -0.341 e. The molecule has 0 bridgehead atoms. The van der Waals surface area contributed by atoms with Crippen LogP contribution in [0, 0.1) is 25.7 Å².